The van der Waals surface area contributed by atoms with Crippen LogP contribution in [-0.4, -0.2) is 24.6 Å². The first-order valence-electron chi connectivity index (χ1n) is 6.30. The van der Waals surface area contributed by atoms with Crippen LogP contribution in [0.1, 0.15) is 19.4 Å². The van der Waals surface area contributed by atoms with Crippen molar-refractivity contribution in [2.75, 3.05) is 13.2 Å². The Kier molecular flexibility index (Phi) is 4.23. The summed E-state index contributed by atoms with van der Waals surface area (Å²) < 4.78 is 11.1. The molecular weight excluding hydrogens is 242 g/mol. The number of fused-ring (bicyclic) bond motifs is 1. The van der Waals surface area contributed by atoms with Gasteiger partial charge in [-0.3, -0.25) is 0 Å². The van der Waals surface area contributed by atoms with E-state index in [0.717, 1.165) is 22.1 Å². The summed E-state index contributed by atoms with van der Waals surface area (Å²) in [6, 6.07) is 9.68. The van der Waals surface area contributed by atoms with E-state index in [-0.39, 0.29) is 0 Å². The maximum absolute atomic E-state index is 8.83. The van der Waals surface area contributed by atoms with Crippen LogP contribution in [-0.2, 0) is 0 Å². The molecule has 0 amide bonds. The summed E-state index contributed by atoms with van der Waals surface area (Å²) in [7, 11) is 0. The summed E-state index contributed by atoms with van der Waals surface area (Å²) in [5.41, 5.74) is 0.753. The molecule has 1 N–H and O–H groups in total. The van der Waals surface area contributed by atoms with E-state index >= 15 is 0 Å². The first kappa shape index (κ1) is 13.2. The van der Waals surface area contributed by atoms with E-state index in [9.17, 15) is 0 Å². The lowest BCUT2D eigenvalue weighted by Crippen LogP contribution is -1.98. The molecule has 0 aliphatic carbocycles. The van der Waals surface area contributed by atoms with Crippen LogP contribution in [0.5, 0.6) is 11.5 Å². The van der Waals surface area contributed by atoms with Crippen molar-refractivity contribution >= 4 is 17.0 Å². The molecule has 0 aliphatic rings. The minimum absolute atomic E-state index is 0.558. The van der Waals surface area contributed by atoms with Crippen LogP contribution in [0.25, 0.3) is 10.8 Å². The van der Waals surface area contributed by atoms with Gasteiger partial charge in [0.15, 0.2) is 0 Å². The Bertz CT molecular complexity index is 588. The Morgan fingerprint density at radius 2 is 1.84 bits per heavy atom. The minimum Gasteiger partial charge on any atom is -0.494 e. The molecular formula is C15H17NO3. The lowest BCUT2D eigenvalue weighted by Gasteiger charge is -2.11. The van der Waals surface area contributed by atoms with Crippen molar-refractivity contribution in [2.45, 2.75) is 13.8 Å². The minimum atomic E-state index is 0.558. The molecule has 2 aromatic rings. The molecule has 0 radical (unpaired) electrons. The fourth-order valence-corrected chi connectivity index (χ4v) is 2.03. The van der Waals surface area contributed by atoms with Crippen molar-refractivity contribution in [1.82, 2.24) is 0 Å². The number of oxime groups is 1. The Balaban J connectivity index is 2.62. The van der Waals surface area contributed by atoms with Crippen molar-refractivity contribution < 1.29 is 14.7 Å². The normalized spacial score (nSPS) is 11.1. The fourth-order valence-electron chi connectivity index (χ4n) is 2.03. The van der Waals surface area contributed by atoms with Gasteiger partial charge in [0.05, 0.1) is 19.4 Å². The zero-order chi connectivity index (χ0) is 13.7. The van der Waals surface area contributed by atoms with Crippen LogP contribution in [0.3, 0.4) is 0 Å². The maximum Gasteiger partial charge on any atom is 0.128 e. The van der Waals surface area contributed by atoms with Crippen LogP contribution in [0.2, 0.25) is 0 Å². The molecule has 0 fully saturated rings. The van der Waals surface area contributed by atoms with Gasteiger partial charge in [-0.1, -0.05) is 17.3 Å². The van der Waals surface area contributed by atoms with E-state index in [1.165, 1.54) is 6.21 Å². The third-order valence-electron chi connectivity index (χ3n) is 2.79. The van der Waals surface area contributed by atoms with Gasteiger partial charge in [0.25, 0.3) is 0 Å². The quantitative estimate of drug-likeness (QED) is 0.508. The molecule has 0 unspecified atom stereocenters. The first-order valence-corrected chi connectivity index (χ1v) is 6.30. The summed E-state index contributed by atoms with van der Waals surface area (Å²) in [4.78, 5) is 0. The predicted molar refractivity (Wildman–Crippen MR) is 75.7 cm³/mol. The van der Waals surface area contributed by atoms with E-state index in [2.05, 4.69) is 5.16 Å². The largest absolute Gasteiger partial charge is 0.494 e. The molecule has 0 saturated heterocycles. The molecule has 0 aliphatic heterocycles. The van der Waals surface area contributed by atoms with Gasteiger partial charge >= 0.3 is 0 Å². The van der Waals surface area contributed by atoms with Crippen LogP contribution >= 0.6 is 0 Å². The predicted octanol–water partition coefficient (Wildman–Crippen LogP) is 3.45. The highest BCUT2D eigenvalue weighted by molar-refractivity contribution is 6.02. The number of hydrogen-bond donors (Lipinski definition) is 1. The van der Waals surface area contributed by atoms with Crippen molar-refractivity contribution in [3.63, 3.8) is 0 Å². The molecule has 0 heterocycles. The van der Waals surface area contributed by atoms with E-state index in [4.69, 9.17) is 14.7 Å². The van der Waals surface area contributed by atoms with E-state index in [1.807, 2.05) is 44.2 Å². The Labute approximate surface area is 112 Å². The maximum atomic E-state index is 8.83. The Morgan fingerprint density at radius 3 is 2.53 bits per heavy atom. The molecule has 4 nitrogen and oxygen atoms in total. The van der Waals surface area contributed by atoms with Gasteiger partial charge in [-0.15, -0.1) is 0 Å². The molecule has 19 heavy (non-hydrogen) atoms. The second-order valence-electron chi connectivity index (χ2n) is 3.97. The van der Waals surface area contributed by atoms with Crippen molar-refractivity contribution in [3.8, 4) is 11.5 Å². The average molecular weight is 259 g/mol. The van der Waals surface area contributed by atoms with Gasteiger partial charge in [0.2, 0.25) is 0 Å². The zero-order valence-electron chi connectivity index (χ0n) is 11.1. The molecule has 0 atom stereocenters. The fraction of sp³-hybridized carbons (Fsp3) is 0.267. The molecule has 0 bridgehead atoms. The lowest BCUT2D eigenvalue weighted by molar-refractivity contribution is 0.320. The van der Waals surface area contributed by atoms with E-state index < -0.39 is 0 Å². The molecule has 4 heteroatoms. The molecule has 0 saturated carbocycles. The Hall–Kier alpha value is -2.23. The summed E-state index contributed by atoms with van der Waals surface area (Å²) in [5, 5.41) is 13.9. The molecule has 0 spiro atoms. The van der Waals surface area contributed by atoms with Gasteiger partial charge in [0.1, 0.15) is 11.5 Å². The summed E-state index contributed by atoms with van der Waals surface area (Å²) >= 11 is 0. The van der Waals surface area contributed by atoms with Gasteiger partial charge in [-0.25, -0.2) is 0 Å². The number of rotatable bonds is 5. The SMILES string of the molecule is CCOc1ccc2ccc(OCC)c(/C=N\O)c2c1. The van der Waals surface area contributed by atoms with Crippen molar-refractivity contribution in [1.29, 1.82) is 0 Å². The van der Waals surface area contributed by atoms with Gasteiger partial charge in [0, 0.05) is 5.56 Å². The number of ether oxygens (including phenoxy) is 2. The first-order chi connectivity index (χ1) is 9.30. The molecule has 100 valence electrons. The third kappa shape index (κ3) is 2.78. The van der Waals surface area contributed by atoms with Crippen LogP contribution in [0, 0.1) is 0 Å². The van der Waals surface area contributed by atoms with Crippen molar-refractivity contribution in [2.24, 2.45) is 5.16 Å². The van der Waals surface area contributed by atoms with E-state index in [0.29, 0.717) is 19.0 Å². The van der Waals surface area contributed by atoms with Crippen LogP contribution in [0.15, 0.2) is 35.5 Å². The highest BCUT2D eigenvalue weighted by atomic mass is 16.5. The number of nitrogens with zero attached hydrogens (tertiary/aromatic N) is 1. The topological polar surface area (TPSA) is 51.0 Å². The monoisotopic (exact) mass is 259 g/mol. The second kappa shape index (κ2) is 6.09. The molecule has 2 aromatic carbocycles. The highest BCUT2D eigenvalue weighted by Gasteiger charge is 2.08. The second-order valence-corrected chi connectivity index (χ2v) is 3.97. The Morgan fingerprint density at radius 1 is 1.11 bits per heavy atom. The van der Waals surface area contributed by atoms with Gasteiger partial charge in [-0.05, 0) is 42.8 Å². The summed E-state index contributed by atoms with van der Waals surface area (Å²) in [6.45, 7) is 5.03. The lowest BCUT2D eigenvalue weighted by atomic mass is 10.0. The average Bonchev–Trinajstić information content (AvgIpc) is 2.42. The van der Waals surface area contributed by atoms with Crippen LogP contribution in [0.4, 0.5) is 0 Å². The number of hydrogen-bond acceptors (Lipinski definition) is 4. The summed E-state index contributed by atoms with van der Waals surface area (Å²) in [6.07, 6.45) is 1.39. The van der Waals surface area contributed by atoms with Crippen molar-refractivity contribution in [3.05, 3.63) is 35.9 Å². The third-order valence-corrected chi connectivity index (χ3v) is 2.79. The molecule has 0 aromatic heterocycles. The van der Waals surface area contributed by atoms with E-state index in [1.54, 1.807) is 0 Å². The smallest absolute Gasteiger partial charge is 0.128 e. The zero-order valence-corrected chi connectivity index (χ0v) is 11.1. The molecule has 2 rings (SSSR count). The van der Waals surface area contributed by atoms with Gasteiger partial charge in [-0.2, -0.15) is 0 Å². The van der Waals surface area contributed by atoms with Crippen LogP contribution < -0.4 is 9.47 Å². The number of benzene rings is 2. The summed E-state index contributed by atoms with van der Waals surface area (Å²) in [5.74, 6) is 1.48. The van der Waals surface area contributed by atoms with Gasteiger partial charge < -0.3 is 14.7 Å². The highest BCUT2D eigenvalue weighted by Crippen LogP contribution is 2.29. The standard InChI is InChI=1S/C15H17NO3/c1-3-18-12-7-5-11-6-8-15(19-4-2)14(10-16-17)13(11)9-12/h5-10,17H,3-4H2,1-2H3/b16-10-.